The first-order valence-corrected chi connectivity index (χ1v) is 4.67. The molecule has 0 bridgehead atoms. The highest BCUT2D eigenvalue weighted by atomic mass is 14.9. The monoisotopic (exact) mass is 139 g/mol. The molecule has 1 saturated heterocycles. The summed E-state index contributed by atoms with van der Waals surface area (Å²) in [6.07, 6.45) is 7.49. The topological polar surface area (TPSA) is 12.0 Å². The van der Waals surface area contributed by atoms with Crippen molar-refractivity contribution in [2.24, 2.45) is 11.8 Å². The van der Waals surface area contributed by atoms with Gasteiger partial charge in [-0.2, -0.15) is 0 Å². The minimum Gasteiger partial charge on any atom is -0.316 e. The predicted molar refractivity (Wildman–Crippen MR) is 42.9 cm³/mol. The Kier molecular flexibility index (Phi) is 1.94. The quantitative estimate of drug-likeness (QED) is 0.584. The van der Waals surface area contributed by atoms with Gasteiger partial charge >= 0.3 is 0 Å². The Morgan fingerprint density at radius 1 is 0.900 bits per heavy atom. The molecule has 0 spiro atoms. The van der Waals surface area contributed by atoms with Gasteiger partial charge in [-0.15, -0.1) is 0 Å². The Balaban J connectivity index is 1.85. The van der Waals surface area contributed by atoms with Crippen molar-refractivity contribution < 1.29 is 0 Å². The Morgan fingerprint density at radius 3 is 2.30 bits per heavy atom. The van der Waals surface area contributed by atoms with E-state index in [1.807, 2.05) is 0 Å². The van der Waals surface area contributed by atoms with Crippen molar-refractivity contribution in [3.63, 3.8) is 0 Å². The summed E-state index contributed by atoms with van der Waals surface area (Å²) in [6, 6.07) is 0. The Labute approximate surface area is 63.2 Å². The highest BCUT2D eigenvalue weighted by molar-refractivity contribution is 4.81. The molecule has 1 aliphatic carbocycles. The number of rotatable bonds is 1. The molecule has 0 radical (unpaired) electrons. The molecule has 1 atom stereocenters. The van der Waals surface area contributed by atoms with Crippen LogP contribution in [0.25, 0.3) is 0 Å². The average molecular weight is 139 g/mol. The third-order valence-electron chi connectivity index (χ3n) is 3.16. The molecule has 1 nitrogen and oxygen atoms in total. The summed E-state index contributed by atoms with van der Waals surface area (Å²) in [5.74, 6) is 2.14. The molecule has 1 heterocycles. The van der Waals surface area contributed by atoms with Gasteiger partial charge in [0.25, 0.3) is 0 Å². The van der Waals surface area contributed by atoms with E-state index in [-0.39, 0.29) is 0 Å². The molecule has 1 aliphatic heterocycles. The van der Waals surface area contributed by atoms with Crippen LogP contribution in [0.1, 0.15) is 32.1 Å². The van der Waals surface area contributed by atoms with Gasteiger partial charge in [0.1, 0.15) is 0 Å². The normalized spacial score (nSPS) is 35.4. The molecule has 1 saturated carbocycles. The third kappa shape index (κ3) is 1.20. The summed E-state index contributed by atoms with van der Waals surface area (Å²) in [5.41, 5.74) is 0. The van der Waals surface area contributed by atoms with E-state index in [0.717, 1.165) is 11.8 Å². The molecule has 0 aromatic rings. The molecule has 0 amide bonds. The maximum absolute atomic E-state index is 3.45. The summed E-state index contributed by atoms with van der Waals surface area (Å²) in [6.45, 7) is 2.59. The van der Waals surface area contributed by atoms with Crippen molar-refractivity contribution in [2.45, 2.75) is 32.1 Å². The lowest BCUT2D eigenvalue weighted by Gasteiger charge is -2.15. The van der Waals surface area contributed by atoms with Gasteiger partial charge in [0.05, 0.1) is 0 Å². The molecule has 0 aromatic heterocycles. The van der Waals surface area contributed by atoms with Crippen LogP contribution in [-0.4, -0.2) is 13.1 Å². The lowest BCUT2D eigenvalue weighted by atomic mass is 9.90. The first-order chi connectivity index (χ1) is 4.97. The minimum atomic E-state index is 1.04. The second kappa shape index (κ2) is 2.91. The largest absolute Gasteiger partial charge is 0.316 e. The van der Waals surface area contributed by atoms with Crippen molar-refractivity contribution in [1.29, 1.82) is 0 Å². The number of hydrogen-bond acceptors (Lipinski definition) is 1. The van der Waals surface area contributed by atoms with Gasteiger partial charge in [0.15, 0.2) is 0 Å². The fourth-order valence-electron chi connectivity index (χ4n) is 2.51. The van der Waals surface area contributed by atoms with Gasteiger partial charge in [-0.3, -0.25) is 0 Å². The van der Waals surface area contributed by atoms with E-state index in [0.29, 0.717) is 0 Å². The summed E-state index contributed by atoms with van der Waals surface area (Å²) in [7, 11) is 0. The fraction of sp³-hybridized carbons (Fsp3) is 1.00. The molecule has 0 aromatic carbocycles. The zero-order valence-electron chi connectivity index (χ0n) is 6.60. The summed E-state index contributed by atoms with van der Waals surface area (Å²) >= 11 is 0. The van der Waals surface area contributed by atoms with Gasteiger partial charge in [-0.25, -0.2) is 0 Å². The molecule has 2 fully saturated rings. The summed E-state index contributed by atoms with van der Waals surface area (Å²) in [5, 5.41) is 3.45. The van der Waals surface area contributed by atoms with Crippen LogP contribution in [0.2, 0.25) is 0 Å². The second-order valence-corrected chi connectivity index (χ2v) is 3.80. The molecule has 58 valence electrons. The summed E-state index contributed by atoms with van der Waals surface area (Å²) < 4.78 is 0. The maximum Gasteiger partial charge on any atom is -0.00174 e. The molecular weight excluding hydrogens is 122 g/mol. The van der Waals surface area contributed by atoms with E-state index in [4.69, 9.17) is 0 Å². The summed E-state index contributed by atoms with van der Waals surface area (Å²) in [4.78, 5) is 0. The molecule has 0 unspecified atom stereocenters. The van der Waals surface area contributed by atoms with Crippen LogP contribution in [0, 0.1) is 11.8 Å². The zero-order valence-corrected chi connectivity index (χ0v) is 6.60. The van der Waals surface area contributed by atoms with Crippen LogP contribution < -0.4 is 5.32 Å². The Morgan fingerprint density at radius 2 is 1.70 bits per heavy atom. The number of nitrogens with one attached hydrogen (secondary N) is 1. The molecule has 10 heavy (non-hydrogen) atoms. The van der Waals surface area contributed by atoms with Crippen LogP contribution in [0.4, 0.5) is 0 Å². The molecule has 2 rings (SSSR count). The van der Waals surface area contributed by atoms with Gasteiger partial charge in [-0.05, 0) is 31.3 Å². The number of hydrogen-bond donors (Lipinski definition) is 1. The maximum atomic E-state index is 3.45. The lowest BCUT2D eigenvalue weighted by Crippen LogP contribution is -2.15. The lowest BCUT2D eigenvalue weighted by molar-refractivity contribution is 0.366. The van der Waals surface area contributed by atoms with Crippen LogP contribution in [0.15, 0.2) is 0 Å². The van der Waals surface area contributed by atoms with E-state index < -0.39 is 0 Å². The van der Waals surface area contributed by atoms with Gasteiger partial charge in [0, 0.05) is 0 Å². The van der Waals surface area contributed by atoms with Crippen molar-refractivity contribution >= 4 is 0 Å². The van der Waals surface area contributed by atoms with Crippen LogP contribution >= 0.6 is 0 Å². The van der Waals surface area contributed by atoms with Gasteiger partial charge in [-0.1, -0.05) is 25.7 Å². The fourth-order valence-corrected chi connectivity index (χ4v) is 2.51. The van der Waals surface area contributed by atoms with Crippen molar-refractivity contribution in [3.8, 4) is 0 Å². The molecule has 1 heteroatoms. The first kappa shape index (κ1) is 6.66. The van der Waals surface area contributed by atoms with Gasteiger partial charge < -0.3 is 5.32 Å². The minimum absolute atomic E-state index is 1.04. The highest BCUT2D eigenvalue weighted by Gasteiger charge is 2.26. The molecular formula is C9H17N. The average Bonchev–Trinajstić information content (AvgIpc) is 2.59. The molecule has 2 aliphatic rings. The van der Waals surface area contributed by atoms with Crippen LogP contribution in [-0.2, 0) is 0 Å². The third-order valence-corrected chi connectivity index (χ3v) is 3.16. The van der Waals surface area contributed by atoms with E-state index in [1.165, 1.54) is 45.2 Å². The SMILES string of the molecule is C1CCC([C@@H]2CCNC2)C1. The zero-order chi connectivity index (χ0) is 6.81. The first-order valence-electron chi connectivity index (χ1n) is 4.67. The second-order valence-electron chi connectivity index (χ2n) is 3.80. The van der Waals surface area contributed by atoms with E-state index in [9.17, 15) is 0 Å². The van der Waals surface area contributed by atoms with E-state index in [2.05, 4.69) is 5.32 Å². The smallest absolute Gasteiger partial charge is 0.00174 e. The van der Waals surface area contributed by atoms with E-state index in [1.54, 1.807) is 0 Å². The molecule has 1 N–H and O–H groups in total. The van der Waals surface area contributed by atoms with Crippen molar-refractivity contribution in [2.75, 3.05) is 13.1 Å². The van der Waals surface area contributed by atoms with Gasteiger partial charge in [0.2, 0.25) is 0 Å². The Hall–Kier alpha value is -0.0400. The predicted octanol–water partition coefficient (Wildman–Crippen LogP) is 1.79. The van der Waals surface area contributed by atoms with Crippen LogP contribution in [0.3, 0.4) is 0 Å². The van der Waals surface area contributed by atoms with Crippen LogP contribution in [0.5, 0.6) is 0 Å². The van der Waals surface area contributed by atoms with Crippen molar-refractivity contribution in [1.82, 2.24) is 5.32 Å². The highest BCUT2D eigenvalue weighted by Crippen LogP contribution is 2.33. The van der Waals surface area contributed by atoms with E-state index >= 15 is 0 Å². The van der Waals surface area contributed by atoms with Crippen molar-refractivity contribution in [3.05, 3.63) is 0 Å². The Bertz CT molecular complexity index is 85.3. The standard InChI is InChI=1S/C9H17N/c1-2-4-8(3-1)9-5-6-10-7-9/h8-10H,1-7H2/t9-/m1/s1.